The topological polar surface area (TPSA) is 138 Å². The van der Waals surface area contributed by atoms with Crippen molar-refractivity contribution in [3.8, 4) is 11.3 Å². The minimum Gasteiger partial charge on any atom is -0.378 e. The van der Waals surface area contributed by atoms with E-state index in [-0.39, 0.29) is 16.8 Å². The van der Waals surface area contributed by atoms with E-state index in [0.29, 0.717) is 15.5 Å². The van der Waals surface area contributed by atoms with Gasteiger partial charge in [0.05, 0.1) is 16.8 Å². The van der Waals surface area contributed by atoms with Crippen molar-refractivity contribution in [2.75, 3.05) is 10.6 Å². The number of carbonyl (C=O) groups is 1. The van der Waals surface area contributed by atoms with Gasteiger partial charge in [0, 0.05) is 16.1 Å². The molecule has 0 atom stereocenters. The minimum atomic E-state index is -0.439. The monoisotopic (exact) mass is 387 g/mol. The lowest BCUT2D eigenvalue weighted by Gasteiger charge is -2.09. The number of H-pyrrole nitrogens is 1. The standard InChI is InChI=1S/C15H10ClN7O2S/c16-9-3-1-7(2-4-9)11-8(6-19-20-11)5-10-14(24)23(15(18)26-10)13-12(17)21-25-22-13/h1-6,18H,(H2,17,21)(H,19,20). The summed E-state index contributed by atoms with van der Waals surface area (Å²) >= 11 is 6.91. The maximum Gasteiger partial charge on any atom is 0.272 e. The Morgan fingerprint density at radius 1 is 1.31 bits per heavy atom. The van der Waals surface area contributed by atoms with Gasteiger partial charge in [-0.25, -0.2) is 9.53 Å². The van der Waals surface area contributed by atoms with Gasteiger partial charge in [-0.05, 0) is 40.3 Å². The number of amides is 1. The van der Waals surface area contributed by atoms with Crippen LogP contribution in [-0.2, 0) is 4.79 Å². The van der Waals surface area contributed by atoms with Crippen LogP contribution in [-0.4, -0.2) is 31.6 Å². The molecule has 1 amide bonds. The van der Waals surface area contributed by atoms with Gasteiger partial charge in [-0.2, -0.15) is 5.10 Å². The van der Waals surface area contributed by atoms with Gasteiger partial charge in [0.1, 0.15) is 0 Å². The van der Waals surface area contributed by atoms with Crippen LogP contribution in [0.4, 0.5) is 11.6 Å². The van der Waals surface area contributed by atoms with Gasteiger partial charge in [0.2, 0.25) is 11.6 Å². The van der Waals surface area contributed by atoms with Crippen molar-refractivity contribution >= 4 is 52.1 Å². The number of thioether (sulfide) groups is 1. The average molecular weight is 388 g/mol. The van der Waals surface area contributed by atoms with Crippen molar-refractivity contribution in [3.63, 3.8) is 0 Å². The molecule has 9 nitrogen and oxygen atoms in total. The predicted molar refractivity (Wildman–Crippen MR) is 98.5 cm³/mol. The third-order valence-electron chi connectivity index (χ3n) is 3.62. The van der Waals surface area contributed by atoms with E-state index >= 15 is 0 Å². The Morgan fingerprint density at radius 3 is 2.77 bits per heavy atom. The van der Waals surface area contributed by atoms with Crippen LogP contribution in [0.2, 0.25) is 5.02 Å². The highest BCUT2D eigenvalue weighted by Crippen LogP contribution is 2.37. The van der Waals surface area contributed by atoms with E-state index in [1.54, 1.807) is 24.4 Å². The van der Waals surface area contributed by atoms with Crippen LogP contribution in [0.25, 0.3) is 17.3 Å². The SMILES string of the molecule is N=C1SC(=Cc2cn[nH]c2-c2ccc(Cl)cc2)C(=O)N1c1nonc1N. The van der Waals surface area contributed by atoms with E-state index in [1.807, 2.05) is 12.1 Å². The molecule has 0 bridgehead atoms. The Bertz CT molecular complexity index is 1040. The molecule has 4 N–H and O–H groups in total. The normalized spacial score (nSPS) is 16.0. The Morgan fingerprint density at radius 2 is 2.08 bits per heavy atom. The number of benzene rings is 1. The molecule has 4 rings (SSSR count). The summed E-state index contributed by atoms with van der Waals surface area (Å²) < 4.78 is 4.51. The number of hydrogen-bond acceptors (Lipinski definition) is 8. The Kier molecular flexibility index (Phi) is 3.98. The molecule has 1 saturated heterocycles. The van der Waals surface area contributed by atoms with Crippen molar-refractivity contribution in [2.24, 2.45) is 0 Å². The van der Waals surface area contributed by atoms with Crippen LogP contribution in [0.1, 0.15) is 5.56 Å². The van der Waals surface area contributed by atoms with E-state index in [9.17, 15) is 4.79 Å². The number of carbonyl (C=O) groups excluding carboxylic acids is 1. The molecule has 1 aliphatic rings. The lowest BCUT2D eigenvalue weighted by Crippen LogP contribution is -2.29. The number of anilines is 2. The molecule has 1 aliphatic heterocycles. The molecule has 0 saturated carbocycles. The number of aromatic nitrogens is 4. The van der Waals surface area contributed by atoms with Gasteiger partial charge in [0.15, 0.2) is 5.17 Å². The predicted octanol–water partition coefficient (Wildman–Crippen LogP) is 2.75. The molecule has 0 spiro atoms. The molecular formula is C15H10ClN7O2S. The summed E-state index contributed by atoms with van der Waals surface area (Å²) in [6.07, 6.45) is 3.25. The Labute approximate surface area is 155 Å². The fraction of sp³-hybridized carbons (Fsp3) is 0. The molecule has 3 aromatic rings. The molecule has 26 heavy (non-hydrogen) atoms. The summed E-state index contributed by atoms with van der Waals surface area (Å²) in [7, 11) is 0. The van der Waals surface area contributed by atoms with Crippen LogP contribution >= 0.6 is 23.4 Å². The Hall–Kier alpha value is -3.11. The molecule has 0 unspecified atom stereocenters. The van der Waals surface area contributed by atoms with Crippen LogP contribution in [0.15, 0.2) is 40.0 Å². The fourth-order valence-corrected chi connectivity index (χ4v) is 3.38. The second-order valence-electron chi connectivity index (χ2n) is 5.24. The van der Waals surface area contributed by atoms with Crippen LogP contribution in [0.3, 0.4) is 0 Å². The van der Waals surface area contributed by atoms with Gasteiger partial charge in [-0.3, -0.25) is 15.3 Å². The third kappa shape index (κ3) is 2.74. The molecule has 1 aromatic carbocycles. The lowest BCUT2D eigenvalue weighted by atomic mass is 10.1. The van der Waals surface area contributed by atoms with Crippen molar-refractivity contribution in [2.45, 2.75) is 0 Å². The number of nitrogens with zero attached hydrogens (tertiary/aromatic N) is 4. The first-order valence-corrected chi connectivity index (χ1v) is 8.44. The highest BCUT2D eigenvalue weighted by Gasteiger charge is 2.37. The number of nitrogens with one attached hydrogen (secondary N) is 2. The number of amidine groups is 1. The second-order valence-corrected chi connectivity index (χ2v) is 6.70. The summed E-state index contributed by atoms with van der Waals surface area (Å²) in [5.41, 5.74) is 7.92. The first-order chi connectivity index (χ1) is 12.5. The third-order valence-corrected chi connectivity index (χ3v) is 4.76. The van der Waals surface area contributed by atoms with E-state index in [2.05, 4.69) is 25.1 Å². The minimum absolute atomic E-state index is 0.000943. The van der Waals surface area contributed by atoms with Gasteiger partial charge in [0.25, 0.3) is 5.91 Å². The summed E-state index contributed by atoms with van der Waals surface area (Å²) in [5.74, 6) is -0.498. The van der Waals surface area contributed by atoms with E-state index < -0.39 is 5.91 Å². The quantitative estimate of drug-likeness (QED) is 0.587. The smallest absolute Gasteiger partial charge is 0.272 e. The van der Waals surface area contributed by atoms with E-state index in [4.69, 9.17) is 22.7 Å². The Balaban J connectivity index is 1.69. The van der Waals surface area contributed by atoms with Crippen molar-refractivity contribution in [1.82, 2.24) is 20.5 Å². The fourth-order valence-electron chi connectivity index (χ4n) is 2.42. The van der Waals surface area contributed by atoms with E-state index in [1.165, 1.54) is 0 Å². The van der Waals surface area contributed by atoms with Crippen LogP contribution in [0.5, 0.6) is 0 Å². The molecule has 3 heterocycles. The molecule has 0 radical (unpaired) electrons. The molecular weight excluding hydrogens is 378 g/mol. The number of hydrogen-bond donors (Lipinski definition) is 3. The average Bonchev–Trinajstić information content (AvgIpc) is 3.30. The highest BCUT2D eigenvalue weighted by molar-refractivity contribution is 8.19. The van der Waals surface area contributed by atoms with Gasteiger partial charge in [-0.1, -0.05) is 23.7 Å². The first-order valence-electron chi connectivity index (χ1n) is 7.24. The highest BCUT2D eigenvalue weighted by atomic mass is 35.5. The maximum absolute atomic E-state index is 12.7. The van der Waals surface area contributed by atoms with Gasteiger partial charge < -0.3 is 5.73 Å². The summed E-state index contributed by atoms with van der Waals surface area (Å²) in [5, 5.41) is 22.6. The summed E-state index contributed by atoms with van der Waals surface area (Å²) in [4.78, 5) is 14.0. The molecule has 130 valence electrons. The number of aromatic amines is 1. The van der Waals surface area contributed by atoms with Gasteiger partial charge >= 0.3 is 0 Å². The van der Waals surface area contributed by atoms with Crippen molar-refractivity contribution in [1.29, 1.82) is 5.41 Å². The number of nitrogens with two attached hydrogens (primary N) is 1. The first kappa shape index (κ1) is 16.4. The zero-order chi connectivity index (χ0) is 18.3. The molecule has 11 heteroatoms. The second kappa shape index (κ2) is 6.32. The van der Waals surface area contributed by atoms with Crippen LogP contribution in [0, 0.1) is 5.41 Å². The summed E-state index contributed by atoms with van der Waals surface area (Å²) in [6, 6.07) is 7.22. The summed E-state index contributed by atoms with van der Waals surface area (Å²) in [6.45, 7) is 0. The number of nitrogen functional groups attached to an aromatic ring is 1. The van der Waals surface area contributed by atoms with Gasteiger partial charge in [-0.15, -0.1) is 0 Å². The maximum atomic E-state index is 12.7. The van der Waals surface area contributed by atoms with Crippen molar-refractivity contribution < 1.29 is 9.42 Å². The number of rotatable bonds is 3. The molecule has 2 aromatic heterocycles. The zero-order valence-electron chi connectivity index (χ0n) is 12.9. The van der Waals surface area contributed by atoms with E-state index in [0.717, 1.165) is 27.9 Å². The lowest BCUT2D eigenvalue weighted by molar-refractivity contribution is -0.113. The zero-order valence-corrected chi connectivity index (χ0v) is 14.5. The number of halogens is 1. The van der Waals surface area contributed by atoms with Crippen LogP contribution < -0.4 is 10.6 Å². The van der Waals surface area contributed by atoms with Crippen molar-refractivity contribution in [3.05, 3.63) is 46.0 Å². The molecule has 0 aliphatic carbocycles. The molecule has 1 fully saturated rings. The largest absolute Gasteiger partial charge is 0.378 e.